The van der Waals surface area contributed by atoms with Crippen LogP contribution in [0.5, 0.6) is 0 Å². The zero-order chi connectivity index (χ0) is 14.4. The number of nitrogens with one attached hydrogen (secondary N) is 1. The zero-order valence-corrected chi connectivity index (χ0v) is 12.9. The van der Waals surface area contributed by atoms with Gasteiger partial charge in [0.1, 0.15) is 5.82 Å². The van der Waals surface area contributed by atoms with Crippen molar-refractivity contribution in [3.05, 3.63) is 22.8 Å². The summed E-state index contributed by atoms with van der Waals surface area (Å²) in [7, 11) is 1.63. The highest BCUT2D eigenvalue weighted by molar-refractivity contribution is 9.10. The summed E-state index contributed by atoms with van der Waals surface area (Å²) < 4.78 is 0.842. The predicted molar refractivity (Wildman–Crippen MR) is 77.7 cm³/mol. The Labute approximate surface area is 121 Å². The number of pyridine rings is 1. The van der Waals surface area contributed by atoms with Gasteiger partial charge in [0.2, 0.25) is 11.8 Å². The Balaban J connectivity index is 2.51. The molecule has 0 saturated carbocycles. The van der Waals surface area contributed by atoms with Crippen LogP contribution in [0, 0.1) is 5.92 Å². The van der Waals surface area contributed by atoms with Crippen LogP contribution < -0.4 is 5.32 Å². The SMILES string of the molecule is CCC(C)C(=O)N(C)CC(=O)Nc1ccc(Br)cn1. The van der Waals surface area contributed by atoms with Crippen LogP contribution in [0.4, 0.5) is 5.82 Å². The van der Waals surface area contributed by atoms with Gasteiger partial charge in [-0.25, -0.2) is 4.98 Å². The number of hydrogen-bond acceptors (Lipinski definition) is 3. The molecule has 1 aromatic heterocycles. The van der Waals surface area contributed by atoms with E-state index in [-0.39, 0.29) is 24.3 Å². The lowest BCUT2D eigenvalue weighted by Crippen LogP contribution is -2.37. The number of rotatable bonds is 5. The Hall–Kier alpha value is -1.43. The Morgan fingerprint density at radius 2 is 2.16 bits per heavy atom. The smallest absolute Gasteiger partial charge is 0.245 e. The molecule has 0 aliphatic carbocycles. The predicted octanol–water partition coefficient (Wildman–Crippen LogP) is 2.29. The number of carbonyl (C=O) groups is 2. The van der Waals surface area contributed by atoms with Crippen molar-refractivity contribution >= 4 is 33.6 Å². The van der Waals surface area contributed by atoms with Crippen LogP contribution in [0.3, 0.4) is 0 Å². The summed E-state index contributed by atoms with van der Waals surface area (Å²) in [6.07, 6.45) is 2.36. The largest absolute Gasteiger partial charge is 0.336 e. The molecule has 5 nitrogen and oxygen atoms in total. The molecule has 0 bridgehead atoms. The fraction of sp³-hybridized carbons (Fsp3) is 0.462. The monoisotopic (exact) mass is 327 g/mol. The minimum atomic E-state index is -0.256. The molecule has 2 amide bonds. The Kier molecular flexibility index (Phi) is 5.95. The highest BCUT2D eigenvalue weighted by Gasteiger charge is 2.18. The van der Waals surface area contributed by atoms with Crippen molar-refractivity contribution in [1.82, 2.24) is 9.88 Å². The van der Waals surface area contributed by atoms with E-state index in [0.29, 0.717) is 5.82 Å². The Morgan fingerprint density at radius 1 is 1.47 bits per heavy atom. The quantitative estimate of drug-likeness (QED) is 0.902. The molecule has 1 rings (SSSR count). The molecule has 0 aliphatic rings. The molecule has 0 aliphatic heterocycles. The minimum absolute atomic E-state index is 0.0265. The van der Waals surface area contributed by atoms with E-state index >= 15 is 0 Å². The number of halogens is 1. The van der Waals surface area contributed by atoms with Crippen LogP contribution in [-0.4, -0.2) is 35.3 Å². The number of hydrogen-bond donors (Lipinski definition) is 1. The van der Waals surface area contributed by atoms with E-state index in [1.807, 2.05) is 13.8 Å². The Morgan fingerprint density at radius 3 is 2.68 bits per heavy atom. The third kappa shape index (κ3) is 4.98. The fourth-order valence-electron chi connectivity index (χ4n) is 1.48. The van der Waals surface area contributed by atoms with Gasteiger partial charge in [-0.15, -0.1) is 0 Å². The van der Waals surface area contributed by atoms with Crippen LogP contribution in [0.15, 0.2) is 22.8 Å². The van der Waals surface area contributed by atoms with Gasteiger partial charge in [-0.1, -0.05) is 13.8 Å². The lowest BCUT2D eigenvalue weighted by atomic mass is 10.1. The molecule has 6 heteroatoms. The van der Waals surface area contributed by atoms with Crippen molar-refractivity contribution in [2.45, 2.75) is 20.3 Å². The summed E-state index contributed by atoms with van der Waals surface area (Å²) in [6, 6.07) is 3.48. The van der Waals surface area contributed by atoms with E-state index < -0.39 is 0 Å². The van der Waals surface area contributed by atoms with Gasteiger partial charge < -0.3 is 10.2 Å². The van der Waals surface area contributed by atoms with E-state index in [2.05, 4.69) is 26.2 Å². The first-order valence-electron chi connectivity index (χ1n) is 6.10. The molecule has 19 heavy (non-hydrogen) atoms. The van der Waals surface area contributed by atoms with Gasteiger partial charge in [-0.3, -0.25) is 9.59 Å². The molecule has 0 radical (unpaired) electrons. The average Bonchev–Trinajstić information content (AvgIpc) is 2.39. The number of nitrogens with zero attached hydrogens (tertiary/aromatic N) is 2. The summed E-state index contributed by atoms with van der Waals surface area (Å²) in [6.45, 7) is 3.83. The van der Waals surface area contributed by atoms with E-state index in [4.69, 9.17) is 0 Å². The molecule has 0 fully saturated rings. The standard InChI is InChI=1S/C13H18BrN3O2/c1-4-9(2)13(19)17(3)8-12(18)16-11-6-5-10(14)7-15-11/h5-7,9H,4,8H2,1-3H3,(H,15,16,18). The molecule has 1 atom stereocenters. The van der Waals surface area contributed by atoms with Gasteiger partial charge in [-0.05, 0) is 34.5 Å². The van der Waals surface area contributed by atoms with E-state index in [0.717, 1.165) is 10.9 Å². The second-order valence-corrected chi connectivity index (χ2v) is 5.33. The molecule has 1 aromatic rings. The van der Waals surface area contributed by atoms with Gasteiger partial charge in [0.25, 0.3) is 0 Å². The molecule has 0 aromatic carbocycles. The highest BCUT2D eigenvalue weighted by atomic mass is 79.9. The first-order chi connectivity index (χ1) is 8.93. The molecule has 1 heterocycles. The van der Waals surface area contributed by atoms with E-state index in [9.17, 15) is 9.59 Å². The van der Waals surface area contributed by atoms with Crippen molar-refractivity contribution < 1.29 is 9.59 Å². The number of aromatic nitrogens is 1. The topological polar surface area (TPSA) is 62.3 Å². The number of likely N-dealkylation sites (N-methyl/N-ethyl adjacent to an activating group) is 1. The molecule has 0 saturated heterocycles. The highest BCUT2D eigenvalue weighted by Crippen LogP contribution is 2.10. The van der Waals surface area contributed by atoms with Crippen LogP contribution >= 0.6 is 15.9 Å². The third-order valence-electron chi connectivity index (χ3n) is 2.79. The van der Waals surface area contributed by atoms with E-state index in [1.165, 1.54) is 4.90 Å². The molecular formula is C13H18BrN3O2. The summed E-state index contributed by atoms with van der Waals surface area (Å²) >= 11 is 3.27. The van der Waals surface area contributed by atoms with Crippen LogP contribution in [-0.2, 0) is 9.59 Å². The van der Waals surface area contributed by atoms with E-state index in [1.54, 1.807) is 25.4 Å². The zero-order valence-electron chi connectivity index (χ0n) is 11.3. The van der Waals surface area contributed by atoms with Crippen LogP contribution in [0.25, 0.3) is 0 Å². The maximum atomic E-state index is 11.8. The summed E-state index contributed by atoms with van der Waals surface area (Å²) in [5.74, 6) is 0.122. The third-order valence-corrected chi connectivity index (χ3v) is 3.25. The van der Waals surface area contributed by atoms with Gasteiger partial charge in [0, 0.05) is 23.6 Å². The number of amides is 2. The van der Waals surface area contributed by atoms with Crippen molar-refractivity contribution in [3.63, 3.8) is 0 Å². The molecule has 1 unspecified atom stereocenters. The lowest BCUT2D eigenvalue weighted by molar-refractivity contribution is -0.136. The Bertz CT molecular complexity index is 448. The number of carbonyl (C=O) groups excluding carboxylic acids is 2. The van der Waals surface area contributed by atoms with Crippen molar-refractivity contribution in [2.24, 2.45) is 5.92 Å². The lowest BCUT2D eigenvalue weighted by Gasteiger charge is -2.19. The van der Waals surface area contributed by atoms with Crippen molar-refractivity contribution in [3.8, 4) is 0 Å². The maximum absolute atomic E-state index is 11.8. The van der Waals surface area contributed by atoms with Crippen LogP contribution in [0.2, 0.25) is 0 Å². The van der Waals surface area contributed by atoms with Gasteiger partial charge in [0.05, 0.1) is 6.54 Å². The summed E-state index contributed by atoms with van der Waals surface area (Å²) in [4.78, 5) is 29.1. The van der Waals surface area contributed by atoms with Crippen molar-refractivity contribution in [1.29, 1.82) is 0 Å². The first-order valence-corrected chi connectivity index (χ1v) is 6.89. The van der Waals surface area contributed by atoms with Gasteiger partial charge in [-0.2, -0.15) is 0 Å². The maximum Gasteiger partial charge on any atom is 0.245 e. The van der Waals surface area contributed by atoms with Crippen LogP contribution in [0.1, 0.15) is 20.3 Å². The first kappa shape index (κ1) is 15.6. The minimum Gasteiger partial charge on any atom is -0.336 e. The second kappa shape index (κ2) is 7.23. The fourth-order valence-corrected chi connectivity index (χ4v) is 1.71. The van der Waals surface area contributed by atoms with Gasteiger partial charge >= 0.3 is 0 Å². The summed E-state index contributed by atoms with van der Waals surface area (Å²) in [5, 5.41) is 2.65. The normalized spacial score (nSPS) is 11.8. The van der Waals surface area contributed by atoms with Gasteiger partial charge in [0.15, 0.2) is 0 Å². The average molecular weight is 328 g/mol. The summed E-state index contributed by atoms with van der Waals surface area (Å²) in [5.41, 5.74) is 0. The molecule has 104 valence electrons. The second-order valence-electron chi connectivity index (χ2n) is 4.41. The molecular weight excluding hydrogens is 310 g/mol. The number of anilines is 1. The van der Waals surface area contributed by atoms with Crippen molar-refractivity contribution in [2.75, 3.05) is 18.9 Å². The molecule has 0 spiro atoms. The molecule has 1 N–H and O–H groups in total.